The van der Waals surface area contributed by atoms with Gasteiger partial charge in [0.15, 0.2) is 0 Å². The number of carbonyl (C=O) groups excluding carboxylic acids is 1. The molecule has 0 saturated heterocycles. The van der Waals surface area contributed by atoms with Crippen LogP contribution >= 0.6 is 0 Å². The highest BCUT2D eigenvalue weighted by Gasteiger charge is 2.46. The number of ether oxygens (including phenoxy) is 4. The third kappa shape index (κ3) is 3.78. The van der Waals surface area contributed by atoms with E-state index in [1.165, 1.54) is 14.2 Å². The normalized spacial score (nSPS) is 31.5. The van der Waals surface area contributed by atoms with Crippen molar-refractivity contribution in [2.45, 2.75) is 31.2 Å². The third-order valence-corrected chi connectivity index (χ3v) is 5.29. The molecule has 2 N–H and O–H groups in total. The molecule has 152 valence electrons. The van der Waals surface area contributed by atoms with Crippen molar-refractivity contribution in [3.8, 4) is 11.5 Å². The lowest BCUT2D eigenvalue weighted by Crippen LogP contribution is -2.54. The Kier molecular flexibility index (Phi) is 6.07. The Morgan fingerprint density at radius 3 is 2.71 bits per heavy atom. The summed E-state index contributed by atoms with van der Waals surface area (Å²) in [6.07, 6.45) is 5.26. The van der Waals surface area contributed by atoms with Gasteiger partial charge in [0.1, 0.15) is 34.9 Å². The average molecular weight is 390 g/mol. The molecule has 1 aromatic carbocycles. The van der Waals surface area contributed by atoms with Gasteiger partial charge in [-0.3, -0.25) is 0 Å². The average Bonchev–Trinajstić information content (AvgIpc) is 2.67. The summed E-state index contributed by atoms with van der Waals surface area (Å²) >= 11 is 0. The fourth-order valence-electron chi connectivity index (χ4n) is 3.73. The molecular formula is C21H26O7. The molecule has 0 aromatic heterocycles. The molecule has 0 saturated carbocycles. The Morgan fingerprint density at radius 2 is 2.00 bits per heavy atom. The summed E-state index contributed by atoms with van der Waals surface area (Å²) < 4.78 is 21.7. The molecule has 0 amide bonds. The number of aliphatic hydroxyl groups is 2. The van der Waals surface area contributed by atoms with Crippen LogP contribution in [-0.2, 0) is 9.47 Å². The fraction of sp³-hybridized carbons (Fsp3) is 0.476. The summed E-state index contributed by atoms with van der Waals surface area (Å²) in [7, 11) is 3.00. The number of cyclic esters (lactones) is 1. The Morgan fingerprint density at radius 1 is 1.21 bits per heavy atom. The quantitative estimate of drug-likeness (QED) is 0.589. The van der Waals surface area contributed by atoms with Gasteiger partial charge >= 0.3 is 5.97 Å². The molecule has 3 rings (SSSR count). The second-order valence-electron chi connectivity index (χ2n) is 7.01. The minimum Gasteiger partial charge on any atom is -0.497 e. The maximum absolute atomic E-state index is 13.0. The van der Waals surface area contributed by atoms with E-state index in [-0.39, 0.29) is 18.6 Å². The van der Waals surface area contributed by atoms with Crippen LogP contribution < -0.4 is 9.47 Å². The number of esters is 1. The number of aliphatic hydroxyl groups excluding tert-OH is 1. The van der Waals surface area contributed by atoms with Gasteiger partial charge in [-0.25, -0.2) is 4.79 Å². The number of benzene rings is 1. The van der Waals surface area contributed by atoms with Crippen LogP contribution in [0.5, 0.6) is 11.5 Å². The zero-order valence-corrected chi connectivity index (χ0v) is 16.3. The van der Waals surface area contributed by atoms with Crippen molar-refractivity contribution in [3.05, 3.63) is 41.5 Å². The van der Waals surface area contributed by atoms with Crippen molar-refractivity contribution in [2.24, 2.45) is 5.92 Å². The first kappa shape index (κ1) is 20.4. The van der Waals surface area contributed by atoms with Crippen LogP contribution in [0, 0.1) is 5.92 Å². The molecule has 0 radical (unpaired) electrons. The topological polar surface area (TPSA) is 94.5 Å². The van der Waals surface area contributed by atoms with Gasteiger partial charge in [0.25, 0.3) is 0 Å². The van der Waals surface area contributed by atoms with E-state index >= 15 is 0 Å². The Labute approximate surface area is 164 Å². The van der Waals surface area contributed by atoms with Gasteiger partial charge in [0.05, 0.1) is 27.4 Å². The van der Waals surface area contributed by atoms with Crippen LogP contribution in [0.15, 0.2) is 30.4 Å². The summed E-state index contributed by atoms with van der Waals surface area (Å²) in [6.45, 7) is 2.01. The first-order valence-electron chi connectivity index (χ1n) is 9.19. The van der Waals surface area contributed by atoms with Crippen LogP contribution in [0.4, 0.5) is 0 Å². The van der Waals surface area contributed by atoms with E-state index in [4.69, 9.17) is 18.9 Å². The maximum atomic E-state index is 13.0. The van der Waals surface area contributed by atoms with Gasteiger partial charge < -0.3 is 29.2 Å². The monoisotopic (exact) mass is 390 g/mol. The molecule has 28 heavy (non-hydrogen) atoms. The molecule has 0 bridgehead atoms. The van der Waals surface area contributed by atoms with Crippen LogP contribution in [0.3, 0.4) is 0 Å². The lowest BCUT2D eigenvalue weighted by molar-refractivity contribution is -0.146. The molecule has 1 unspecified atom stereocenters. The molecule has 4 atom stereocenters. The number of methoxy groups -OCH3 is 2. The van der Waals surface area contributed by atoms with E-state index < -0.39 is 29.7 Å². The zero-order chi connectivity index (χ0) is 20.3. The highest BCUT2D eigenvalue weighted by Crippen LogP contribution is 2.37. The van der Waals surface area contributed by atoms with Crippen LogP contribution in [0.1, 0.15) is 29.3 Å². The Hall–Kier alpha value is -2.35. The highest BCUT2D eigenvalue weighted by atomic mass is 16.5. The van der Waals surface area contributed by atoms with Crippen molar-refractivity contribution < 1.29 is 34.0 Å². The van der Waals surface area contributed by atoms with E-state index in [0.717, 1.165) is 0 Å². The fourth-order valence-corrected chi connectivity index (χ4v) is 3.73. The van der Waals surface area contributed by atoms with E-state index in [9.17, 15) is 15.0 Å². The van der Waals surface area contributed by atoms with Crippen LogP contribution in [0.2, 0.25) is 0 Å². The van der Waals surface area contributed by atoms with E-state index in [1.807, 2.05) is 0 Å². The van der Waals surface area contributed by atoms with Crippen LogP contribution in [-0.4, -0.2) is 61.4 Å². The van der Waals surface area contributed by atoms with Gasteiger partial charge in [-0.15, -0.1) is 0 Å². The third-order valence-electron chi connectivity index (χ3n) is 5.29. The zero-order valence-electron chi connectivity index (χ0n) is 16.3. The molecule has 2 aliphatic heterocycles. The van der Waals surface area contributed by atoms with E-state index in [0.29, 0.717) is 23.7 Å². The number of hydrogen-bond acceptors (Lipinski definition) is 7. The first-order chi connectivity index (χ1) is 13.4. The lowest BCUT2D eigenvalue weighted by Gasteiger charge is -2.41. The van der Waals surface area contributed by atoms with Gasteiger partial charge in [-0.1, -0.05) is 24.3 Å². The molecule has 1 aromatic rings. The van der Waals surface area contributed by atoms with E-state index in [2.05, 4.69) is 0 Å². The lowest BCUT2D eigenvalue weighted by atomic mass is 9.76. The van der Waals surface area contributed by atoms with Gasteiger partial charge in [0, 0.05) is 12.0 Å². The minimum absolute atomic E-state index is 0.00984. The first-order valence-corrected chi connectivity index (χ1v) is 9.19. The molecular weight excluding hydrogens is 364 g/mol. The SMILES string of the molecule is COc1cc2c(c(OC)c1)C(=O)O[C@@H](C)C1C=CCOC[C@@H](O)[C@@]1(O)C/C=C/2. The van der Waals surface area contributed by atoms with Gasteiger partial charge in [-0.2, -0.15) is 0 Å². The minimum atomic E-state index is -1.55. The number of fused-ring (bicyclic) bond motifs is 2. The summed E-state index contributed by atoms with van der Waals surface area (Å²) in [6, 6.07) is 3.32. The summed E-state index contributed by atoms with van der Waals surface area (Å²) in [5.74, 6) is -0.311. The summed E-state index contributed by atoms with van der Waals surface area (Å²) in [5, 5.41) is 21.9. The standard InChI is InChI=1S/C21H26O7/c1-13-16-7-5-9-27-12-18(22)21(16,24)8-4-6-14-10-15(25-2)11-17(26-3)19(14)20(23)28-13/h4-7,10-11,13,16,18,22,24H,8-9,12H2,1-3H3/b6-4+,7-5?/t13-,16?,18+,21+/m0/s1. The second kappa shape index (κ2) is 8.34. The second-order valence-corrected chi connectivity index (χ2v) is 7.01. The predicted octanol–water partition coefficient (Wildman–Crippen LogP) is 1.96. The van der Waals surface area contributed by atoms with Crippen molar-refractivity contribution >= 4 is 12.0 Å². The Bertz CT molecular complexity index is 785. The molecule has 2 aliphatic rings. The number of rotatable bonds is 2. The Balaban J connectivity index is 2.12. The van der Waals surface area contributed by atoms with Crippen molar-refractivity contribution in [2.75, 3.05) is 27.4 Å². The smallest absolute Gasteiger partial charge is 0.342 e. The van der Waals surface area contributed by atoms with Crippen molar-refractivity contribution in [3.63, 3.8) is 0 Å². The highest BCUT2D eigenvalue weighted by molar-refractivity contribution is 5.97. The van der Waals surface area contributed by atoms with E-state index in [1.54, 1.807) is 43.4 Å². The molecule has 0 spiro atoms. The van der Waals surface area contributed by atoms with Crippen molar-refractivity contribution in [1.29, 1.82) is 0 Å². The van der Waals surface area contributed by atoms with Gasteiger partial charge in [-0.05, 0) is 25.0 Å². The molecule has 7 nitrogen and oxygen atoms in total. The molecule has 2 heterocycles. The largest absolute Gasteiger partial charge is 0.497 e. The number of carbonyl (C=O) groups is 1. The van der Waals surface area contributed by atoms with Crippen LogP contribution in [0.25, 0.3) is 6.08 Å². The van der Waals surface area contributed by atoms with Crippen molar-refractivity contribution in [1.82, 2.24) is 0 Å². The van der Waals surface area contributed by atoms with Gasteiger partial charge in [0.2, 0.25) is 0 Å². The summed E-state index contributed by atoms with van der Waals surface area (Å²) in [5.41, 5.74) is -0.716. The number of hydrogen-bond donors (Lipinski definition) is 2. The molecule has 0 fully saturated rings. The molecule has 7 heteroatoms. The predicted molar refractivity (Wildman–Crippen MR) is 102 cm³/mol. The summed E-state index contributed by atoms with van der Waals surface area (Å²) in [4.78, 5) is 13.0. The molecule has 0 aliphatic carbocycles. The maximum Gasteiger partial charge on any atom is 0.342 e.